The molecule has 0 saturated carbocycles. The standard InChI is InChI=1S/C17H22N2O/c1-5-14-8-6-12(2)10-15(14)11-19(4)16-9-7-13(3)18-17(16)20/h5-6,8,10,16H,1,3,7,9,11H2,2,4H3,(H,18,20). The van der Waals surface area contributed by atoms with Gasteiger partial charge in [-0.25, -0.2) is 0 Å². The first kappa shape index (κ1) is 14.5. The maximum atomic E-state index is 12.0. The summed E-state index contributed by atoms with van der Waals surface area (Å²) in [7, 11) is 1.99. The highest BCUT2D eigenvalue weighted by atomic mass is 16.2. The largest absolute Gasteiger partial charge is 0.329 e. The van der Waals surface area contributed by atoms with Crippen molar-refractivity contribution in [1.29, 1.82) is 0 Å². The van der Waals surface area contributed by atoms with E-state index < -0.39 is 0 Å². The maximum Gasteiger partial charge on any atom is 0.241 e. The Balaban J connectivity index is 2.13. The first-order valence-corrected chi connectivity index (χ1v) is 6.92. The number of carbonyl (C=O) groups excluding carboxylic acids is 1. The third-order valence-electron chi connectivity index (χ3n) is 3.79. The summed E-state index contributed by atoms with van der Waals surface area (Å²) in [5, 5.41) is 2.84. The molecule has 0 aliphatic carbocycles. The smallest absolute Gasteiger partial charge is 0.241 e. The molecule has 3 heteroatoms. The van der Waals surface area contributed by atoms with Gasteiger partial charge in [-0.3, -0.25) is 9.69 Å². The Morgan fingerprint density at radius 2 is 2.25 bits per heavy atom. The molecule has 106 valence electrons. The Morgan fingerprint density at radius 3 is 2.90 bits per heavy atom. The number of nitrogens with zero attached hydrogens (tertiary/aromatic N) is 1. The molecule has 1 aliphatic heterocycles. The lowest BCUT2D eigenvalue weighted by atomic mass is 10.0. The highest BCUT2D eigenvalue weighted by Gasteiger charge is 2.27. The molecule has 1 aromatic rings. The molecule has 2 rings (SSSR count). The zero-order valence-corrected chi connectivity index (χ0v) is 12.3. The lowest BCUT2D eigenvalue weighted by Gasteiger charge is -2.31. The Hall–Kier alpha value is -1.87. The topological polar surface area (TPSA) is 32.3 Å². The van der Waals surface area contributed by atoms with E-state index in [2.05, 4.69) is 48.5 Å². The van der Waals surface area contributed by atoms with Crippen LogP contribution in [0, 0.1) is 6.92 Å². The molecule has 1 unspecified atom stereocenters. The van der Waals surface area contributed by atoms with Gasteiger partial charge in [0.05, 0.1) is 6.04 Å². The number of carbonyl (C=O) groups is 1. The fourth-order valence-corrected chi connectivity index (χ4v) is 2.63. The molecule has 1 fully saturated rings. The molecule has 1 N–H and O–H groups in total. The van der Waals surface area contributed by atoms with E-state index in [4.69, 9.17) is 0 Å². The van der Waals surface area contributed by atoms with Crippen molar-refractivity contribution < 1.29 is 4.79 Å². The van der Waals surface area contributed by atoms with Gasteiger partial charge in [0.2, 0.25) is 5.91 Å². The average Bonchev–Trinajstić information content (AvgIpc) is 2.38. The predicted molar refractivity (Wildman–Crippen MR) is 83.0 cm³/mol. The fourth-order valence-electron chi connectivity index (χ4n) is 2.63. The van der Waals surface area contributed by atoms with Crippen LogP contribution >= 0.6 is 0 Å². The molecule has 3 nitrogen and oxygen atoms in total. The van der Waals surface area contributed by atoms with Gasteiger partial charge in [0.15, 0.2) is 0 Å². The Morgan fingerprint density at radius 1 is 1.50 bits per heavy atom. The van der Waals surface area contributed by atoms with E-state index in [0.29, 0.717) is 0 Å². The third kappa shape index (κ3) is 3.17. The summed E-state index contributed by atoms with van der Waals surface area (Å²) in [6, 6.07) is 6.23. The van der Waals surface area contributed by atoms with Crippen molar-refractivity contribution >= 4 is 12.0 Å². The zero-order chi connectivity index (χ0) is 14.7. The molecule has 20 heavy (non-hydrogen) atoms. The number of piperidine rings is 1. The minimum Gasteiger partial charge on any atom is -0.329 e. The highest BCUT2D eigenvalue weighted by molar-refractivity contribution is 5.84. The molecular weight excluding hydrogens is 248 g/mol. The van der Waals surface area contributed by atoms with E-state index >= 15 is 0 Å². The van der Waals surface area contributed by atoms with Crippen LogP contribution in [-0.4, -0.2) is 23.9 Å². The van der Waals surface area contributed by atoms with E-state index in [-0.39, 0.29) is 11.9 Å². The van der Waals surface area contributed by atoms with Gasteiger partial charge in [-0.15, -0.1) is 0 Å². The van der Waals surface area contributed by atoms with Crippen molar-refractivity contribution in [1.82, 2.24) is 10.2 Å². The first-order valence-electron chi connectivity index (χ1n) is 6.92. The van der Waals surface area contributed by atoms with Crippen molar-refractivity contribution in [3.8, 4) is 0 Å². The van der Waals surface area contributed by atoms with Crippen LogP contribution in [0.2, 0.25) is 0 Å². The van der Waals surface area contributed by atoms with Crippen LogP contribution in [-0.2, 0) is 11.3 Å². The van der Waals surface area contributed by atoms with Crippen molar-refractivity contribution in [3.05, 3.63) is 53.7 Å². The number of amides is 1. The summed E-state index contributed by atoms with van der Waals surface area (Å²) in [5.74, 6) is 0.0524. The predicted octanol–water partition coefficient (Wildman–Crippen LogP) is 2.86. The molecular formula is C17H22N2O. The lowest BCUT2D eigenvalue weighted by molar-refractivity contribution is -0.126. The zero-order valence-electron chi connectivity index (χ0n) is 12.3. The number of benzene rings is 1. The van der Waals surface area contributed by atoms with Gasteiger partial charge in [0.25, 0.3) is 0 Å². The number of nitrogens with one attached hydrogen (secondary N) is 1. The van der Waals surface area contributed by atoms with Gasteiger partial charge in [-0.2, -0.15) is 0 Å². The summed E-state index contributed by atoms with van der Waals surface area (Å²) >= 11 is 0. The lowest BCUT2D eigenvalue weighted by Crippen LogP contribution is -2.47. The van der Waals surface area contributed by atoms with Gasteiger partial charge >= 0.3 is 0 Å². The van der Waals surface area contributed by atoms with Crippen molar-refractivity contribution in [2.45, 2.75) is 32.4 Å². The molecule has 1 aromatic carbocycles. The number of aryl methyl sites for hydroxylation is 1. The SMILES string of the molecule is C=Cc1ccc(C)cc1CN(C)C1CCC(=C)NC1=O. The van der Waals surface area contributed by atoms with Crippen LogP contribution in [0.15, 0.2) is 37.1 Å². The monoisotopic (exact) mass is 270 g/mol. The van der Waals surface area contributed by atoms with E-state index in [0.717, 1.165) is 30.6 Å². The molecule has 1 heterocycles. The molecule has 0 aromatic heterocycles. The fraction of sp³-hybridized carbons (Fsp3) is 0.353. The van der Waals surface area contributed by atoms with E-state index in [1.165, 1.54) is 11.1 Å². The maximum absolute atomic E-state index is 12.0. The minimum absolute atomic E-state index is 0.0524. The van der Waals surface area contributed by atoms with E-state index in [1.807, 2.05) is 13.1 Å². The average molecular weight is 270 g/mol. The minimum atomic E-state index is -0.0846. The summed E-state index contributed by atoms with van der Waals surface area (Å²) in [4.78, 5) is 14.1. The summed E-state index contributed by atoms with van der Waals surface area (Å²) in [6.07, 6.45) is 3.55. The van der Waals surface area contributed by atoms with Crippen LogP contribution in [0.5, 0.6) is 0 Å². The van der Waals surface area contributed by atoms with Crippen molar-refractivity contribution in [2.24, 2.45) is 0 Å². The quantitative estimate of drug-likeness (QED) is 0.912. The Kier molecular flexibility index (Phi) is 4.40. The number of rotatable bonds is 4. The molecule has 0 radical (unpaired) electrons. The highest BCUT2D eigenvalue weighted by Crippen LogP contribution is 2.20. The van der Waals surface area contributed by atoms with Gasteiger partial charge in [-0.1, -0.05) is 43.0 Å². The van der Waals surface area contributed by atoms with Gasteiger partial charge < -0.3 is 5.32 Å². The Bertz CT molecular complexity index is 548. The number of hydrogen-bond donors (Lipinski definition) is 1. The van der Waals surface area contributed by atoms with Gasteiger partial charge in [0, 0.05) is 12.2 Å². The second kappa shape index (κ2) is 6.06. The molecule has 0 spiro atoms. The Labute approximate surface area is 121 Å². The normalized spacial score (nSPS) is 19.1. The van der Waals surface area contributed by atoms with Crippen LogP contribution < -0.4 is 5.32 Å². The third-order valence-corrected chi connectivity index (χ3v) is 3.79. The summed E-state index contributed by atoms with van der Waals surface area (Å²) in [5.41, 5.74) is 4.38. The molecule has 1 aliphatic rings. The van der Waals surface area contributed by atoms with E-state index in [9.17, 15) is 4.79 Å². The first-order chi connectivity index (χ1) is 9.51. The number of hydrogen-bond acceptors (Lipinski definition) is 2. The van der Waals surface area contributed by atoms with Crippen LogP contribution in [0.1, 0.15) is 29.5 Å². The van der Waals surface area contributed by atoms with E-state index in [1.54, 1.807) is 0 Å². The van der Waals surface area contributed by atoms with Crippen LogP contribution in [0.3, 0.4) is 0 Å². The summed E-state index contributed by atoms with van der Waals surface area (Å²) in [6.45, 7) is 10.5. The van der Waals surface area contributed by atoms with Crippen LogP contribution in [0.25, 0.3) is 6.08 Å². The van der Waals surface area contributed by atoms with Gasteiger partial charge in [0.1, 0.15) is 0 Å². The molecule has 0 bridgehead atoms. The van der Waals surface area contributed by atoms with Gasteiger partial charge in [-0.05, 0) is 37.9 Å². The molecule has 1 amide bonds. The second-order valence-electron chi connectivity index (χ2n) is 5.47. The van der Waals surface area contributed by atoms with Crippen molar-refractivity contribution in [3.63, 3.8) is 0 Å². The van der Waals surface area contributed by atoms with Crippen molar-refractivity contribution in [2.75, 3.05) is 7.05 Å². The van der Waals surface area contributed by atoms with Crippen LogP contribution in [0.4, 0.5) is 0 Å². The summed E-state index contributed by atoms with van der Waals surface area (Å²) < 4.78 is 0. The molecule has 1 saturated heterocycles. The second-order valence-corrected chi connectivity index (χ2v) is 5.47. The molecule has 1 atom stereocenters. The number of allylic oxidation sites excluding steroid dienone is 1. The number of likely N-dealkylation sites (N-methyl/N-ethyl adjacent to an activating group) is 1.